The Hall–Kier alpha value is -1.48. The van der Waals surface area contributed by atoms with Crippen LogP contribution in [0.1, 0.15) is 136 Å². The Morgan fingerprint density at radius 3 is 1.75 bits per heavy atom. The predicted molar refractivity (Wildman–Crippen MR) is 201 cm³/mol. The van der Waals surface area contributed by atoms with Gasteiger partial charge in [-0.3, -0.25) is 13.8 Å². The van der Waals surface area contributed by atoms with Crippen LogP contribution in [-0.4, -0.2) is 108 Å². The summed E-state index contributed by atoms with van der Waals surface area (Å²) in [4.78, 5) is 23.2. The summed E-state index contributed by atoms with van der Waals surface area (Å²) < 4.78 is 22.6. The summed E-state index contributed by atoms with van der Waals surface area (Å²) in [6.07, 6.45) is 15.7. The Balaban J connectivity index is 2.62. The highest BCUT2D eigenvalue weighted by Gasteiger charge is 2.51. The first kappa shape index (κ1) is 48.5. The molecule has 1 rings (SSSR count). The van der Waals surface area contributed by atoms with Gasteiger partial charge >= 0.3 is 7.82 Å². The van der Waals surface area contributed by atoms with Crippen LogP contribution >= 0.6 is 7.82 Å². The standard InChI is InChI=1S/C38H70NO12P/c1-3-5-7-9-11-13-14-15-16-17-18-19-21-23-25-29(40)27-32(42)39-30(31(41)26-24-22-20-12-10-8-6-4-2)28-50-52(48,49)51-38-36(46)34(44)33(43)35(45)37(38)47/h10,12,16-17,24,26,29-31,33-38,40-41,43-47H,3-9,11,13-15,18-23,25,27-28H2,1-2H3,(H,39,42)(H,48,49)/b12-10+,17-16-,26-24+. The highest BCUT2D eigenvalue weighted by molar-refractivity contribution is 7.47. The molecule has 0 aromatic rings. The molecule has 0 spiro atoms. The molecule has 1 aliphatic rings. The normalized spacial score (nSPS) is 25.5. The lowest BCUT2D eigenvalue weighted by atomic mass is 9.85. The zero-order chi connectivity index (χ0) is 38.8. The maximum atomic E-state index is 12.9. The molecule has 52 heavy (non-hydrogen) atoms. The number of nitrogens with one attached hydrogen (secondary N) is 1. The summed E-state index contributed by atoms with van der Waals surface area (Å²) in [5.41, 5.74) is 0. The van der Waals surface area contributed by atoms with Gasteiger partial charge in [0.15, 0.2) is 0 Å². The van der Waals surface area contributed by atoms with Crippen LogP contribution in [0, 0.1) is 0 Å². The van der Waals surface area contributed by atoms with Gasteiger partial charge in [0.05, 0.1) is 31.3 Å². The van der Waals surface area contributed by atoms with Gasteiger partial charge in [0.25, 0.3) is 0 Å². The molecule has 1 saturated carbocycles. The smallest absolute Gasteiger partial charge is 0.393 e. The summed E-state index contributed by atoms with van der Waals surface area (Å²) in [6.45, 7) is 3.58. The van der Waals surface area contributed by atoms with Crippen LogP contribution < -0.4 is 5.32 Å². The summed E-state index contributed by atoms with van der Waals surface area (Å²) >= 11 is 0. The second kappa shape index (κ2) is 28.9. The van der Waals surface area contributed by atoms with Crippen LogP contribution in [0.4, 0.5) is 0 Å². The lowest BCUT2D eigenvalue weighted by molar-refractivity contribution is -0.220. The molecule has 13 nitrogen and oxygen atoms in total. The number of allylic oxidation sites excluding steroid dienone is 5. The molecule has 9 N–H and O–H groups in total. The number of hydrogen-bond donors (Lipinski definition) is 9. The lowest BCUT2D eigenvalue weighted by Gasteiger charge is -2.41. The van der Waals surface area contributed by atoms with Crippen molar-refractivity contribution in [2.75, 3.05) is 6.61 Å². The SMILES string of the molecule is CCCC/C=C/CC/C=C/C(O)C(COP(=O)(O)OC1C(O)C(O)C(O)C(O)C1O)NC(=O)CC(O)CCCCC/C=C\CCCCCCCCC. The van der Waals surface area contributed by atoms with Gasteiger partial charge in [0.2, 0.25) is 5.91 Å². The van der Waals surface area contributed by atoms with Crippen molar-refractivity contribution in [3.8, 4) is 0 Å². The number of phosphoric ester groups is 1. The van der Waals surface area contributed by atoms with E-state index in [1.165, 1.54) is 51.0 Å². The predicted octanol–water partition coefficient (Wildman–Crippen LogP) is 4.63. The monoisotopic (exact) mass is 763 g/mol. The third kappa shape index (κ3) is 21.4. The highest BCUT2D eigenvalue weighted by Crippen LogP contribution is 2.47. The quantitative estimate of drug-likeness (QED) is 0.0277. The Labute approximate surface area is 311 Å². The molecule has 0 heterocycles. The summed E-state index contributed by atoms with van der Waals surface area (Å²) in [7, 11) is -5.14. The Kier molecular flexibility index (Phi) is 27.0. The molecule has 0 radical (unpaired) electrons. The fraction of sp³-hybridized carbons (Fsp3) is 0.816. The number of carbonyl (C=O) groups is 1. The minimum atomic E-state index is -5.14. The average Bonchev–Trinajstić information content (AvgIpc) is 3.11. The molecule has 1 amide bonds. The van der Waals surface area contributed by atoms with E-state index in [1.54, 1.807) is 6.08 Å². The molecule has 0 saturated heterocycles. The van der Waals surface area contributed by atoms with Crippen LogP contribution in [0.3, 0.4) is 0 Å². The number of unbranched alkanes of at least 4 members (excludes halogenated alkanes) is 13. The molecular weight excluding hydrogens is 693 g/mol. The first-order valence-corrected chi connectivity index (χ1v) is 21.0. The number of hydrogen-bond acceptors (Lipinski definition) is 11. The third-order valence-electron chi connectivity index (χ3n) is 9.20. The van der Waals surface area contributed by atoms with Crippen molar-refractivity contribution in [2.45, 2.75) is 191 Å². The Morgan fingerprint density at radius 1 is 0.673 bits per heavy atom. The van der Waals surface area contributed by atoms with E-state index in [9.17, 15) is 50.0 Å². The van der Waals surface area contributed by atoms with Crippen molar-refractivity contribution in [1.82, 2.24) is 5.32 Å². The van der Waals surface area contributed by atoms with Gasteiger partial charge < -0.3 is 46.0 Å². The fourth-order valence-electron chi connectivity index (χ4n) is 5.88. The zero-order valence-corrected chi connectivity index (χ0v) is 32.4. The van der Waals surface area contributed by atoms with E-state index in [4.69, 9.17) is 9.05 Å². The molecule has 1 aliphatic carbocycles. The molecule has 0 aliphatic heterocycles. The van der Waals surface area contributed by atoms with Crippen molar-refractivity contribution in [3.63, 3.8) is 0 Å². The molecule has 8 unspecified atom stereocenters. The number of rotatable bonds is 30. The van der Waals surface area contributed by atoms with E-state index in [0.29, 0.717) is 12.8 Å². The average molecular weight is 764 g/mol. The van der Waals surface area contributed by atoms with E-state index in [0.717, 1.165) is 57.8 Å². The van der Waals surface area contributed by atoms with Crippen LogP contribution in [0.2, 0.25) is 0 Å². The molecule has 1 fully saturated rings. The largest absolute Gasteiger partial charge is 0.472 e. The van der Waals surface area contributed by atoms with E-state index in [1.807, 2.05) is 6.08 Å². The van der Waals surface area contributed by atoms with Gasteiger partial charge in [-0.15, -0.1) is 0 Å². The highest BCUT2D eigenvalue weighted by atomic mass is 31.2. The van der Waals surface area contributed by atoms with Gasteiger partial charge in [-0.1, -0.05) is 115 Å². The molecule has 8 atom stereocenters. The topological polar surface area (TPSA) is 226 Å². The maximum Gasteiger partial charge on any atom is 0.472 e. The summed E-state index contributed by atoms with van der Waals surface area (Å²) in [5, 5.41) is 73.8. The van der Waals surface area contributed by atoms with E-state index in [2.05, 4.69) is 37.4 Å². The second-order valence-corrected chi connectivity index (χ2v) is 15.4. The summed E-state index contributed by atoms with van der Waals surface area (Å²) in [5.74, 6) is -0.618. The minimum absolute atomic E-state index is 0.264. The molecule has 0 aromatic carbocycles. The number of aliphatic hydroxyl groups excluding tert-OH is 7. The number of carbonyl (C=O) groups excluding carboxylic acids is 1. The first-order chi connectivity index (χ1) is 24.8. The van der Waals surface area contributed by atoms with E-state index < -0.39 is 75.2 Å². The maximum absolute atomic E-state index is 12.9. The molecular formula is C38H70NO12P. The van der Waals surface area contributed by atoms with Crippen molar-refractivity contribution >= 4 is 13.7 Å². The van der Waals surface area contributed by atoms with Gasteiger partial charge in [-0.05, 0) is 51.4 Å². The molecule has 304 valence electrons. The number of aliphatic hydroxyl groups is 7. The van der Waals surface area contributed by atoms with Crippen LogP contribution in [0.25, 0.3) is 0 Å². The van der Waals surface area contributed by atoms with E-state index in [-0.39, 0.29) is 6.42 Å². The minimum Gasteiger partial charge on any atom is -0.393 e. The first-order valence-electron chi connectivity index (χ1n) is 19.5. The lowest BCUT2D eigenvalue weighted by Crippen LogP contribution is -2.64. The summed E-state index contributed by atoms with van der Waals surface area (Å²) in [6, 6.07) is -1.26. The van der Waals surface area contributed by atoms with Gasteiger partial charge in [-0.2, -0.15) is 0 Å². The van der Waals surface area contributed by atoms with E-state index >= 15 is 0 Å². The second-order valence-electron chi connectivity index (χ2n) is 13.9. The molecule has 0 bridgehead atoms. The number of amides is 1. The van der Waals surface area contributed by atoms with Crippen LogP contribution in [0.15, 0.2) is 36.5 Å². The third-order valence-corrected chi connectivity index (χ3v) is 10.2. The Bertz CT molecular complexity index is 1040. The molecule has 0 aromatic heterocycles. The van der Waals surface area contributed by atoms with Crippen LogP contribution in [-0.2, 0) is 18.4 Å². The van der Waals surface area contributed by atoms with Gasteiger partial charge in [0.1, 0.15) is 36.6 Å². The number of phosphoric acid groups is 1. The van der Waals surface area contributed by atoms with Crippen molar-refractivity contribution in [2.24, 2.45) is 0 Å². The van der Waals surface area contributed by atoms with Crippen molar-refractivity contribution in [1.29, 1.82) is 0 Å². The van der Waals surface area contributed by atoms with Crippen molar-refractivity contribution in [3.05, 3.63) is 36.5 Å². The van der Waals surface area contributed by atoms with Crippen molar-refractivity contribution < 1.29 is 59.0 Å². The van der Waals surface area contributed by atoms with Gasteiger partial charge in [0, 0.05) is 0 Å². The molecule has 14 heteroatoms. The Morgan fingerprint density at radius 2 is 1.15 bits per heavy atom. The van der Waals surface area contributed by atoms with Gasteiger partial charge in [-0.25, -0.2) is 4.57 Å². The van der Waals surface area contributed by atoms with Crippen LogP contribution in [0.5, 0.6) is 0 Å². The zero-order valence-electron chi connectivity index (χ0n) is 31.5. The fourth-order valence-corrected chi connectivity index (χ4v) is 6.85.